The highest BCUT2D eigenvalue weighted by atomic mass is 35.5. The van der Waals surface area contributed by atoms with E-state index in [4.69, 9.17) is 0 Å². The van der Waals surface area contributed by atoms with Crippen molar-refractivity contribution in [2.75, 3.05) is 20.0 Å². The highest BCUT2D eigenvalue weighted by molar-refractivity contribution is 5.41. The van der Waals surface area contributed by atoms with Gasteiger partial charge in [0.15, 0.2) is 13.5 Å². The molecule has 2 N–H and O–H groups in total. The average Bonchev–Trinajstić information content (AvgIpc) is 2.61. The van der Waals surface area contributed by atoms with Crippen LogP contribution in [-0.4, -0.2) is 30.2 Å². The number of benzene rings is 1. The van der Waals surface area contributed by atoms with Gasteiger partial charge in [-0.25, -0.2) is 4.48 Å². The smallest absolute Gasteiger partial charge is 0.186 e. The number of hydrogen-bond acceptors (Lipinski definition) is 2. The summed E-state index contributed by atoms with van der Waals surface area (Å²) in [6.07, 6.45) is 13.0. The largest absolute Gasteiger partial charge is 1.00 e. The number of unbranched alkanes of at least 4 members (excludes halogenated alkanes) is 9. The first-order valence-corrected chi connectivity index (χ1v) is 9.42. The van der Waals surface area contributed by atoms with E-state index in [-0.39, 0.29) is 30.4 Å². The maximum Gasteiger partial charge on any atom is 0.186 e. The highest BCUT2D eigenvalue weighted by Crippen LogP contribution is 2.23. The van der Waals surface area contributed by atoms with Crippen molar-refractivity contribution in [3.8, 4) is 0 Å². The molecule has 0 saturated carbocycles. The lowest BCUT2D eigenvalue weighted by molar-refractivity contribution is -0.0000120. The van der Waals surface area contributed by atoms with E-state index in [1.54, 1.807) is 0 Å². The maximum absolute atomic E-state index is 9.79. The van der Waals surface area contributed by atoms with Crippen molar-refractivity contribution >= 4 is 5.69 Å². The molecule has 24 heavy (non-hydrogen) atoms. The lowest BCUT2D eigenvalue weighted by Gasteiger charge is -2.34. The third kappa shape index (κ3) is 8.48. The van der Waals surface area contributed by atoms with Gasteiger partial charge in [-0.1, -0.05) is 76.5 Å². The van der Waals surface area contributed by atoms with Crippen LogP contribution in [0, 0.1) is 0 Å². The number of nitrogens with zero attached hydrogens (tertiary/aromatic N) is 1. The first-order chi connectivity index (χ1) is 11.3. The van der Waals surface area contributed by atoms with Gasteiger partial charge in [-0.3, -0.25) is 0 Å². The quantitative estimate of drug-likeness (QED) is 0.303. The van der Waals surface area contributed by atoms with Crippen LogP contribution in [0.25, 0.3) is 0 Å². The van der Waals surface area contributed by atoms with Gasteiger partial charge in [0.1, 0.15) is 5.69 Å². The average molecular weight is 358 g/mol. The predicted octanol–water partition coefficient (Wildman–Crippen LogP) is 1.82. The van der Waals surface area contributed by atoms with Gasteiger partial charge < -0.3 is 22.6 Å². The molecule has 0 aliphatic rings. The van der Waals surface area contributed by atoms with E-state index < -0.39 is 0 Å². The molecule has 0 spiro atoms. The fourth-order valence-electron chi connectivity index (χ4n) is 3.12. The standard InChI is InChI=1S/C20H36NO2.ClH/c1-2-3-4-5-6-7-8-9-10-14-17-21(18-22,19-23)20-15-12-11-13-16-20;/h11-13,15-16,22-23H,2-10,14,17-19H2,1H3;1H/q+1;/p-1. The van der Waals surface area contributed by atoms with Gasteiger partial charge in [0.2, 0.25) is 0 Å². The van der Waals surface area contributed by atoms with Crippen LogP contribution in [0.4, 0.5) is 5.69 Å². The van der Waals surface area contributed by atoms with E-state index in [0.29, 0.717) is 0 Å². The molecule has 0 amide bonds. The van der Waals surface area contributed by atoms with Crippen LogP contribution in [0.3, 0.4) is 0 Å². The van der Waals surface area contributed by atoms with Crippen molar-refractivity contribution in [2.45, 2.75) is 71.1 Å². The first kappa shape index (κ1) is 23.4. The number of aliphatic hydroxyl groups excluding tert-OH is 2. The summed E-state index contributed by atoms with van der Waals surface area (Å²) in [6, 6.07) is 9.87. The first-order valence-electron chi connectivity index (χ1n) is 9.42. The van der Waals surface area contributed by atoms with E-state index in [1.165, 1.54) is 57.8 Å². The maximum atomic E-state index is 9.79. The molecule has 0 aliphatic carbocycles. The summed E-state index contributed by atoms with van der Waals surface area (Å²) < 4.78 is 0.262. The molecule has 3 nitrogen and oxygen atoms in total. The molecular weight excluding hydrogens is 322 g/mol. The topological polar surface area (TPSA) is 40.5 Å². The van der Waals surface area contributed by atoms with Crippen LogP contribution in [0.15, 0.2) is 30.3 Å². The Hall–Kier alpha value is -0.610. The number of quaternary nitrogens is 1. The molecule has 0 saturated heterocycles. The van der Waals surface area contributed by atoms with Crippen molar-refractivity contribution in [1.82, 2.24) is 4.48 Å². The molecule has 0 aromatic heterocycles. The lowest BCUT2D eigenvalue weighted by atomic mass is 10.1. The van der Waals surface area contributed by atoms with E-state index in [2.05, 4.69) is 6.92 Å². The zero-order chi connectivity index (χ0) is 16.8. The van der Waals surface area contributed by atoms with Crippen LogP contribution in [0.1, 0.15) is 71.1 Å². The SMILES string of the molecule is CCCCCCCCCCCC[N+](CO)(CO)c1ccccc1.[Cl-]. The van der Waals surface area contributed by atoms with Crippen molar-refractivity contribution < 1.29 is 22.6 Å². The number of aliphatic hydroxyl groups is 2. The van der Waals surface area contributed by atoms with Crippen LogP contribution < -0.4 is 16.9 Å². The summed E-state index contributed by atoms with van der Waals surface area (Å²) in [5.74, 6) is 0. The molecule has 0 atom stereocenters. The van der Waals surface area contributed by atoms with Gasteiger partial charge in [0.25, 0.3) is 0 Å². The molecule has 1 aromatic carbocycles. The Morgan fingerprint density at radius 2 is 1.17 bits per heavy atom. The molecule has 4 heteroatoms. The minimum atomic E-state index is -0.0437. The number of rotatable bonds is 14. The van der Waals surface area contributed by atoms with E-state index in [9.17, 15) is 10.2 Å². The third-order valence-corrected chi connectivity index (χ3v) is 4.79. The summed E-state index contributed by atoms with van der Waals surface area (Å²) in [6.45, 7) is 2.97. The summed E-state index contributed by atoms with van der Waals surface area (Å²) in [7, 11) is 0. The Kier molecular flexibility index (Phi) is 14.3. The normalized spacial score (nSPS) is 11.3. The minimum Gasteiger partial charge on any atom is -1.00 e. The van der Waals surface area contributed by atoms with Crippen LogP contribution in [-0.2, 0) is 0 Å². The molecule has 0 unspecified atom stereocenters. The van der Waals surface area contributed by atoms with Gasteiger partial charge >= 0.3 is 0 Å². The van der Waals surface area contributed by atoms with Crippen LogP contribution in [0.5, 0.6) is 0 Å². The van der Waals surface area contributed by atoms with Crippen molar-refractivity contribution in [3.05, 3.63) is 30.3 Å². The molecule has 0 heterocycles. The fraction of sp³-hybridized carbons (Fsp3) is 0.700. The predicted molar refractivity (Wildman–Crippen MR) is 99.1 cm³/mol. The monoisotopic (exact) mass is 357 g/mol. The van der Waals surface area contributed by atoms with E-state index >= 15 is 0 Å². The Labute approximate surface area is 154 Å². The van der Waals surface area contributed by atoms with Crippen LogP contribution in [0.2, 0.25) is 0 Å². The van der Waals surface area contributed by atoms with Crippen molar-refractivity contribution in [1.29, 1.82) is 0 Å². The fourth-order valence-corrected chi connectivity index (χ4v) is 3.12. The number of halogens is 1. The Morgan fingerprint density at radius 3 is 1.62 bits per heavy atom. The molecule has 0 radical (unpaired) electrons. The molecular formula is C20H36ClNO2. The van der Waals surface area contributed by atoms with Gasteiger partial charge in [0.05, 0.1) is 6.54 Å². The summed E-state index contributed by atoms with van der Waals surface area (Å²) in [5, 5.41) is 19.6. The Bertz CT molecular complexity index is 382. The van der Waals surface area contributed by atoms with E-state index in [0.717, 1.165) is 18.7 Å². The second-order valence-corrected chi connectivity index (χ2v) is 6.67. The molecule has 0 aliphatic heterocycles. The summed E-state index contributed by atoms with van der Waals surface area (Å²) in [5.41, 5.74) is 0.994. The van der Waals surface area contributed by atoms with Gasteiger partial charge in [-0.05, 0) is 25.0 Å². The lowest BCUT2D eigenvalue weighted by Crippen LogP contribution is -3.00. The van der Waals surface area contributed by atoms with E-state index in [1.807, 2.05) is 30.3 Å². The third-order valence-electron chi connectivity index (χ3n) is 4.79. The molecule has 1 rings (SSSR count). The highest BCUT2D eigenvalue weighted by Gasteiger charge is 2.27. The molecule has 1 aromatic rings. The second kappa shape index (κ2) is 14.7. The summed E-state index contributed by atoms with van der Waals surface area (Å²) >= 11 is 0. The number of para-hydroxylation sites is 1. The second-order valence-electron chi connectivity index (χ2n) is 6.67. The molecule has 0 bridgehead atoms. The van der Waals surface area contributed by atoms with Gasteiger partial charge in [-0.15, -0.1) is 0 Å². The Morgan fingerprint density at radius 1 is 0.708 bits per heavy atom. The summed E-state index contributed by atoms with van der Waals surface area (Å²) in [4.78, 5) is 0. The van der Waals surface area contributed by atoms with Crippen molar-refractivity contribution in [3.63, 3.8) is 0 Å². The minimum absolute atomic E-state index is 0. The Balaban J connectivity index is 0.00000529. The zero-order valence-electron chi connectivity index (χ0n) is 15.3. The van der Waals surface area contributed by atoms with Gasteiger partial charge in [0, 0.05) is 0 Å². The van der Waals surface area contributed by atoms with Crippen molar-refractivity contribution in [2.24, 2.45) is 0 Å². The van der Waals surface area contributed by atoms with Crippen LogP contribution >= 0.6 is 0 Å². The molecule has 140 valence electrons. The van der Waals surface area contributed by atoms with Gasteiger partial charge in [-0.2, -0.15) is 0 Å². The molecule has 0 fully saturated rings. The number of hydrogen-bond donors (Lipinski definition) is 2. The zero-order valence-corrected chi connectivity index (χ0v) is 16.1.